The molecule has 1 N–H and O–H groups in total. The minimum absolute atomic E-state index is 0.369. The Morgan fingerprint density at radius 3 is 2.26 bits per heavy atom. The third-order valence-corrected chi connectivity index (χ3v) is 5.50. The lowest BCUT2D eigenvalue weighted by molar-refractivity contribution is 0.111. The van der Waals surface area contributed by atoms with Gasteiger partial charge in [-0.3, -0.25) is 13.6 Å². The number of benzene rings is 1. The summed E-state index contributed by atoms with van der Waals surface area (Å²) in [4.78, 5) is 18.8. The molecule has 5 aromatic rings. The van der Waals surface area contributed by atoms with Crippen LogP contribution in [0.15, 0.2) is 82.3 Å². The van der Waals surface area contributed by atoms with Crippen molar-refractivity contribution in [2.45, 2.75) is 6.10 Å². The zero-order valence-corrected chi connectivity index (χ0v) is 19.0. The average molecular weight is 546 g/mol. The predicted molar refractivity (Wildman–Crippen MR) is 122 cm³/mol. The Bertz CT molecular complexity index is 1380. The second kappa shape index (κ2) is 9.09. The average Bonchev–Trinajstić information content (AvgIpc) is 3.36. The molecule has 5 rings (SSSR count). The first-order chi connectivity index (χ1) is 15.0. The van der Waals surface area contributed by atoms with E-state index in [-0.39, 0.29) is 5.82 Å². The lowest BCUT2D eigenvalue weighted by Crippen LogP contribution is -2.03. The number of aliphatic hydroxyl groups is 1. The minimum atomic E-state index is -0.917. The zero-order chi connectivity index (χ0) is 22.0. The SMILES string of the molecule is O=Cc1cnc2ccc(Br)cn12.OC(c1cccc(F)c1)c1cnc2ccc(Br)cn12. The highest BCUT2D eigenvalue weighted by atomic mass is 79.9. The highest BCUT2D eigenvalue weighted by molar-refractivity contribution is 9.10. The first kappa shape index (κ1) is 21.4. The summed E-state index contributed by atoms with van der Waals surface area (Å²) in [5.74, 6) is -0.369. The molecule has 0 radical (unpaired) electrons. The van der Waals surface area contributed by atoms with Crippen LogP contribution >= 0.6 is 31.9 Å². The van der Waals surface area contributed by atoms with Crippen molar-refractivity contribution in [2.75, 3.05) is 0 Å². The summed E-state index contributed by atoms with van der Waals surface area (Å²) in [5, 5.41) is 10.4. The predicted octanol–water partition coefficient (Wildman–Crippen LogP) is 5.23. The highest BCUT2D eigenvalue weighted by Gasteiger charge is 2.16. The van der Waals surface area contributed by atoms with Gasteiger partial charge in [0.1, 0.15) is 28.9 Å². The third-order valence-electron chi connectivity index (χ3n) is 4.56. The van der Waals surface area contributed by atoms with Gasteiger partial charge in [0.2, 0.25) is 0 Å². The van der Waals surface area contributed by atoms with Crippen LogP contribution in [0.1, 0.15) is 27.8 Å². The molecule has 31 heavy (non-hydrogen) atoms. The van der Waals surface area contributed by atoms with Gasteiger partial charge >= 0.3 is 0 Å². The lowest BCUT2D eigenvalue weighted by Gasteiger charge is -2.11. The van der Waals surface area contributed by atoms with Crippen LogP contribution in [-0.4, -0.2) is 30.2 Å². The number of hydrogen-bond donors (Lipinski definition) is 1. The molecular formula is C22H15Br2FN4O2. The van der Waals surface area contributed by atoms with E-state index in [1.54, 1.807) is 33.3 Å². The van der Waals surface area contributed by atoms with Crippen molar-refractivity contribution in [1.29, 1.82) is 0 Å². The van der Waals surface area contributed by atoms with Crippen molar-refractivity contribution >= 4 is 49.4 Å². The molecule has 156 valence electrons. The highest BCUT2D eigenvalue weighted by Crippen LogP contribution is 2.24. The summed E-state index contributed by atoms with van der Waals surface area (Å²) in [7, 11) is 0. The number of hydrogen-bond acceptors (Lipinski definition) is 4. The quantitative estimate of drug-likeness (QED) is 0.315. The summed E-state index contributed by atoms with van der Waals surface area (Å²) in [6.45, 7) is 0. The number of fused-ring (bicyclic) bond motifs is 2. The maximum atomic E-state index is 13.2. The summed E-state index contributed by atoms with van der Waals surface area (Å²) in [6, 6.07) is 13.4. The van der Waals surface area contributed by atoms with Crippen LogP contribution in [0.25, 0.3) is 11.3 Å². The topological polar surface area (TPSA) is 71.9 Å². The molecule has 4 aromatic heterocycles. The first-order valence-corrected chi connectivity index (χ1v) is 10.7. The number of imidazole rings is 2. The maximum absolute atomic E-state index is 13.2. The second-order valence-electron chi connectivity index (χ2n) is 6.59. The Hall–Kier alpha value is -2.88. The van der Waals surface area contributed by atoms with E-state index in [1.165, 1.54) is 12.1 Å². The first-order valence-electron chi connectivity index (χ1n) is 9.10. The van der Waals surface area contributed by atoms with Crippen LogP contribution < -0.4 is 0 Å². The van der Waals surface area contributed by atoms with Gasteiger partial charge in [-0.2, -0.15) is 0 Å². The number of nitrogens with zero attached hydrogens (tertiary/aromatic N) is 4. The number of pyridine rings is 2. The second-order valence-corrected chi connectivity index (χ2v) is 8.42. The van der Waals surface area contributed by atoms with E-state index in [0.717, 1.165) is 26.5 Å². The Kier molecular flexibility index (Phi) is 6.26. The molecule has 0 aliphatic rings. The van der Waals surface area contributed by atoms with E-state index in [0.29, 0.717) is 17.0 Å². The largest absolute Gasteiger partial charge is 0.382 e. The van der Waals surface area contributed by atoms with Crippen LogP contribution in [0.2, 0.25) is 0 Å². The smallest absolute Gasteiger partial charge is 0.168 e. The molecule has 0 aliphatic heterocycles. The van der Waals surface area contributed by atoms with E-state index in [1.807, 2.05) is 36.7 Å². The van der Waals surface area contributed by atoms with Crippen LogP contribution in [-0.2, 0) is 0 Å². The van der Waals surface area contributed by atoms with Crippen LogP contribution in [0, 0.1) is 5.82 Å². The minimum Gasteiger partial charge on any atom is -0.382 e. The fraction of sp³-hybridized carbons (Fsp3) is 0.0455. The molecule has 1 unspecified atom stereocenters. The van der Waals surface area contributed by atoms with Crippen molar-refractivity contribution in [3.63, 3.8) is 0 Å². The maximum Gasteiger partial charge on any atom is 0.168 e. The van der Waals surface area contributed by atoms with Gasteiger partial charge in [-0.25, -0.2) is 14.4 Å². The lowest BCUT2D eigenvalue weighted by atomic mass is 10.1. The molecule has 0 bridgehead atoms. The monoisotopic (exact) mass is 544 g/mol. The fourth-order valence-corrected chi connectivity index (χ4v) is 3.76. The van der Waals surface area contributed by atoms with Gasteiger partial charge in [0.15, 0.2) is 6.29 Å². The molecular weight excluding hydrogens is 531 g/mol. The van der Waals surface area contributed by atoms with Crippen molar-refractivity contribution in [3.05, 3.63) is 105 Å². The van der Waals surface area contributed by atoms with Crippen LogP contribution in [0.3, 0.4) is 0 Å². The number of aliphatic hydroxyl groups excluding tert-OH is 1. The Labute approximate surface area is 193 Å². The Morgan fingerprint density at radius 2 is 1.58 bits per heavy atom. The van der Waals surface area contributed by atoms with E-state index in [9.17, 15) is 14.3 Å². The molecule has 6 nitrogen and oxygen atoms in total. The number of carbonyl (C=O) groups is 1. The Balaban J connectivity index is 0.000000166. The van der Waals surface area contributed by atoms with E-state index < -0.39 is 6.10 Å². The van der Waals surface area contributed by atoms with Gasteiger partial charge < -0.3 is 5.11 Å². The van der Waals surface area contributed by atoms with Gasteiger partial charge in [-0.15, -0.1) is 0 Å². The van der Waals surface area contributed by atoms with Crippen molar-refractivity contribution < 1.29 is 14.3 Å². The molecule has 0 saturated carbocycles. The van der Waals surface area contributed by atoms with Gasteiger partial charge in [-0.1, -0.05) is 12.1 Å². The van der Waals surface area contributed by atoms with Crippen molar-refractivity contribution in [2.24, 2.45) is 0 Å². The van der Waals surface area contributed by atoms with E-state index >= 15 is 0 Å². The van der Waals surface area contributed by atoms with E-state index in [2.05, 4.69) is 41.8 Å². The summed E-state index contributed by atoms with van der Waals surface area (Å²) >= 11 is 6.69. The van der Waals surface area contributed by atoms with Gasteiger partial charge in [-0.05, 0) is 73.8 Å². The molecule has 0 aliphatic carbocycles. The number of carbonyl (C=O) groups excluding carboxylic acids is 1. The molecule has 0 amide bonds. The molecule has 0 spiro atoms. The molecule has 1 aromatic carbocycles. The number of aldehydes is 1. The molecule has 0 saturated heterocycles. The van der Waals surface area contributed by atoms with Gasteiger partial charge in [0.25, 0.3) is 0 Å². The normalized spacial score (nSPS) is 11.9. The molecule has 1 atom stereocenters. The van der Waals surface area contributed by atoms with Gasteiger partial charge in [0.05, 0.1) is 18.1 Å². The standard InChI is InChI=1S/C14H10BrFN2O.C8H5BrN2O/c15-10-4-5-13-17-7-12(18(13)8-10)14(19)9-2-1-3-11(16)6-9;9-6-1-2-8-10-3-7(5-12)11(8)4-6/h1-8,14,19H;1-5H. The fourth-order valence-electron chi connectivity index (χ4n) is 3.08. The summed E-state index contributed by atoms with van der Waals surface area (Å²) in [6.07, 6.45) is 6.64. The van der Waals surface area contributed by atoms with Gasteiger partial charge in [0, 0.05) is 21.3 Å². The van der Waals surface area contributed by atoms with Crippen molar-refractivity contribution in [3.8, 4) is 0 Å². The number of halogens is 3. The summed E-state index contributed by atoms with van der Waals surface area (Å²) < 4.78 is 18.5. The van der Waals surface area contributed by atoms with Crippen molar-refractivity contribution in [1.82, 2.24) is 18.8 Å². The molecule has 4 heterocycles. The molecule has 9 heteroatoms. The third kappa shape index (κ3) is 4.58. The number of aromatic nitrogens is 4. The van der Waals surface area contributed by atoms with Crippen LogP contribution in [0.4, 0.5) is 4.39 Å². The number of rotatable bonds is 3. The van der Waals surface area contributed by atoms with E-state index in [4.69, 9.17) is 0 Å². The zero-order valence-electron chi connectivity index (χ0n) is 15.9. The van der Waals surface area contributed by atoms with Crippen LogP contribution in [0.5, 0.6) is 0 Å². The summed E-state index contributed by atoms with van der Waals surface area (Å²) in [5.41, 5.74) is 3.17. The molecule has 0 fully saturated rings. The Morgan fingerprint density at radius 1 is 0.935 bits per heavy atom.